The number of thiophene rings is 1. The summed E-state index contributed by atoms with van der Waals surface area (Å²) in [4.78, 5) is 0. The summed E-state index contributed by atoms with van der Waals surface area (Å²) in [6.45, 7) is 4.83. The molecule has 1 heteroatoms. The fourth-order valence-corrected chi connectivity index (χ4v) is 10.6. The zero-order valence-electron chi connectivity index (χ0n) is 28.1. The van der Waals surface area contributed by atoms with E-state index >= 15 is 0 Å². The van der Waals surface area contributed by atoms with Crippen molar-refractivity contribution in [3.8, 4) is 22.3 Å². The molecule has 1 heterocycles. The predicted molar refractivity (Wildman–Crippen MR) is 217 cm³/mol. The van der Waals surface area contributed by atoms with Crippen LogP contribution >= 0.6 is 11.3 Å². The average Bonchev–Trinajstić information content (AvgIpc) is 3.63. The Kier molecular flexibility index (Phi) is 5.82. The number of hydrogen-bond donors (Lipinski definition) is 0. The Labute approximate surface area is 296 Å². The molecule has 3 aliphatic rings. The molecule has 0 nitrogen and oxygen atoms in total. The van der Waals surface area contributed by atoms with Crippen molar-refractivity contribution in [3.05, 3.63) is 174 Å². The molecule has 7 aromatic carbocycles. The van der Waals surface area contributed by atoms with E-state index in [1.165, 1.54) is 103 Å². The van der Waals surface area contributed by atoms with Crippen molar-refractivity contribution in [3.63, 3.8) is 0 Å². The van der Waals surface area contributed by atoms with Gasteiger partial charge in [-0.3, -0.25) is 0 Å². The number of allylic oxidation sites excluding steroid dienone is 8. The van der Waals surface area contributed by atoms with Crippen LogP contribution in [0.5, 0.6) is 0 Å². The first-order chi connectivity index (χ1) is 24.5. The number of benzene rings is 7. The molecule has 11 rings (SSSR count). The summed E-state index contributed by atoms with van der Waals surface area (Å²) >= 11 is 1.91. The fraction of sp³-hybridized carbons (Fsp3) is 0.102. The second-order valence-electron chi connectivity index (χ2n) is 14.8. The summed E-state index contributed by atoms with van der Waals surface area (Å²) in [6, 6.07) is 43.9. The largest absolute Gasteiger partial charge is 0.135 e. The van der Waals surface area contributed by atoms with Crippen molar-refractivity contribution in [1.82, 2.24) is 0 Å². The van der Waals surface area contributed by atoms with E-state index in [9.17, 15) is 0 Å². The molecule has 0 amide bonds. The zero-order valence-corrected chi connectivity index (χ0v) is 28.9. The smallest absolute Gasteiger partial charge is 0.0361 e. The standard InChI is InChI=1S/C49H34S/c1-49(2)43-24-22-33(27-41(43)39-23-21-31-26-42-34-13-9-10-18-44(34)50-45(42)28-40(31)48(39)49)47-37-16-7-5-14-35(37)46(36-15-6-8-17-38(36)47)32-20-19-29-11-3-4-12-30(29)25-32/h3-24,26-28,30H,25H2,1-2H3. The Balaban J connectivity index is 1.14. The van der Waals surface area contributed by atoms with Crippen LogP contribution in [0.2, 0.25) is 0 Å². The highest BCUT2D eigenvalue weighted by molar-refractivity contribution is 7.25. The van der Waals surface area contributed by atoms with Gasteiger partial charge in [-0.15, -0.1) is 11.3 Å². The van der Waals surface area contributed by atoms with Gasteiger partial charge in [-0.05, 0) is 113 Å². The minimum Gasteiger partial charge on any atom is -0.135 e. The van der Waals surface area contributed by atoms with Gasteiger partial charge in [0, 0.05) is 31.5 Å². The van der Waals surface area contributed by atoms with E-state index in [0.717, 1.165) is 6.42 Å². The van der Waals surface area contributed by atoms with Crippen LogP contribution in [0, 0.1) is 5.92 Å². The van der Waals surface area contributed by atoms with Crippen molar-refractivity contribution in [2.75, 3.05) is 0 Å². The quantitative estimate of drug-likeness (QED) is 0.163. The van der Waals surface area contributed by atoms with Gasteiger partial charge >= 0.3 is 0 Å². The predicted octanol–water partition coefficient (Wildman–Crippen LogP) is 13.9. The third-order valence-electron chi connectivity index (χ3n) is 11.8. The molecule has 0 fully saturated rings. The van der Waals surface area contributed by atoms with Gasteiger partial charge in [0.15, 0.2) is 0 Å². The second-order valence-corrected chi connectivity index (χ2v) is 15.9. The Morgan fingerprint density at radius 1 is 0.580 bits per heavy atom. The van der Waals surface area contributed by atoms with Gasteiger partial charge in [0.05, 0.1) is 0 Å². The van der Waals surface area contributed by atoms with Gasteiger partial charge in [-0.25, -0.2) is 0 Å². The van der Waals surface area contributed by atoms with Crippen molar-refractivity contribution < 1.29 is 0 Å². The van der Waals surface area contributed by atoms with Gasteiger partial charge in [0.2, 0.25) is 0 Å². The lowest BCUT2D eigenvalue weighted by Gasteiger charge is -2.25. The first-order valence-electron chi connectivity index (χ1n) is 17.8. The molecule has 3 aliphatic carbocycles. The van der Waals surface area contributed by atoms with E-state index in [4.69, 9.17) is 0 Å². The van der Waals surface area contributed by atoms with Crippen molar-refractivity contribution in [2.24, 2.45) is 5.92 Å². The Bertz CT molecular complexity index is 2860. The summed E-state index contributed by atoms with van der Waals surface area (Å²) in [7, 11) is 0. The van der Waals surface area contributed by atoms with Crippen LogP contribution in [0.4, 0.5) is 0 Å². The molecule has 0 saturated carbocycles. The van der Waals surface area contributed by atoms with Crippen LogP contribution in [0.25, 0.3) is 80.3 Å². The molecule has 0 saturated heterocycles. The SMILES string of the molecule is CC1(C)c2ccc(-c3c4ccccc4c(C4=CC=C5C=CC=CC5C4)c4ccccc34)cc2-c2ccc3cc4c(cc3c21)sc1ccccc14. The maximum atomic E-state index is 2.49. The molecule has 0 radical (unpaired) electrons. The van der Waals surface area contributed by atoms with Crippen molar-refractivity contribution in [2.45, 2.75) is 25.7 Å². The topological polar surface area (TPSA) is 0 Å². The molecule has 0 bridgehead atoms. The van der Waals surface area contributed by atoms with Gasteiger partial charge in [-0.2, -0.15) is 0 Å². The van der Waals surface area contributed by atoms with Crippen molar-refractivity contribution >= 4 is 69.4 Å². The lowest BCUT2D eigenvalue weighted by Crippen LogP contribution is -2.15. The first kappa shape index (κ1) is 28.3. The van der Waals surface area contributed by atoms with Crippen LogP contribution in [0.1, 0.15) is 37.0 Å². The van der Waals surface area contributed by atoms with Gasteiger partial charge in [0.1, 0.15) is 0 Å². The summed E-state index contributed by atoms with van der Waals surface area (Å²) < 4.78 is 2.73. The molecule has 236 valence electrons. The second kappa shape index (κ2) is 10.3. The number of fused-ring (bicyclic) bond motifs is 11. The van der Waals surface area contributed by atoms with Gasteiger partial charge < -0.3 is 0 Å². The molecule has 0 spiro atoms. The van der Waals surface area contributed by atoms with Crippen LogP contribution < -0.4 is 0 Å². The summed E-state index contributed by atoms with van der Waals surface area (Å²) in [5.41, 5.74) is 12.3. The molecule has 8 aromatic rings. The lowest BCUT2D eigenvalue weighted by molar-refractivity contribution is 0.666. The Morgan fingerprint density at radius 2 is 1.30 bits per heavy atom. The summed E-state index contributed by atoms with van der Waals surface area (Å²) in [5, 5.41) is 10.7. The molecule has 0 N–H and O–H groups in total. The summed E-state index contributed by atoms with van der Waals surface area (Å²) in [6.07, 6.45) is 14.7. The number of hydrogen-bond acceptors (Lipinski definition) is 1. The maximum absolute atomic E-state index is 2.49. The highest BCUT2D eigenvalue weighted by Crippen LogP contribution is 2.54. The highest BCUT2D eigenvalue weighted by Gasteiger charge is 2.37. The van der Waals surface area contributed by atoms with Crippen LogP contribution in [0.3, 0.4) is 0 Å². The maximum Gasteiger partial charge on any atom is 0.0361 e. The highest BCUT2D eigenvalue weighted by atomic mass is 32.1. The zero-order chi connectivity index (χ0) is 33.1. The van der Waals surface area contributed by atoms with E-state index in [0.29, 0.717) is 5.92 Å². The molecule has 1 aromatic heterocycles. The van der Waals surface area contributed by atoms with E-state index < -0.39 is 0 Å². The number of rotatable bonds is 2. The van der Waals surface area contributed by atoms with E-state index in [-0.39, 0.29) is 5.41 Å². The minimum absolute atomic E-state index is 0.107. The van der Waals surface area contributed by atoms with Crippen LogP contribution in [0.15, 0.2) is 157 Å². The third-order valence-corrected chi connectivity index (χ3v) is 12.9. The molecule has 0 aliphatic heterocycles. The Hall–Kier alpha value is -5.50. The molecule has 50 heavy (non-hydrogen) atoms. The third kappa shape index (κ3) is 3.87. The van der Waals surface area contributed by atoms with E-state index in [1.54, 1.807) is 0 Å². The monoisotopic (exact) mass is 654 g/mol. The van der Waals surface area contributed by atoms with E-state index in [1.807, 2.05) is 11.3 Å². The fourth-order valence-electron chi connectivity index (χ4n) is 9.48. The molecular formula is C49H34S. The van der Waals surface area contributed by atoms with Crippen LogP contribution in [-0.2, 0) is 5.41 Å². The van der Waals surface area contributed by atoms with Gasteiger partial charge in [0.25, 0.3) is 0 Å². The Morgan fingerprint density at radius 3 is 2.08 bits per heavy atom. The van der Waals surface area contributed by atoms with Crippen molar-refractivity contribution in [1.29, 1.82) is 0 Å². The average molecular weight is 655 g/mol. The molecule has 1 atom stereocenters. The minimum atomic E-state index is -0.107. The van der Waals surface area contributed by atoms with E-state index in [2.05, 4.69) is 166 Å². The molecule has 1 unspecified atom stereocenters. The summed E-state index contributed by atoms with van der Waals surface area (Å²) in [5.74, 6) is 0.434. The normalized spacial score (nSPS) is 17.4. The first-order valence-corrected chi connectivity index (χ1v) is 18.6. The lowest BCUT2D eigenvalue weighted by atomic mass is 9.78. The van der Waals surface area contributed by atoms with Gasteiger partial charge in [-0.1, -0.05) is 141 Å². The van der Waals surface area contributed by atoms with Crippen LogP contribution in [-0.4, -0.2) is 0 Å². The molecular weight excluding hydrogens is 621 g/mol.